The second-order valence-corrected chi connectivity index (χ2v) is 7.09. The number of carboxylic acids is 1. The maximum atomic E-state index is 12.0. The lowest BCUT2D eigenvalue weighted by molar-refractivity contribution is -0.142. The molecule has 12 heteroatoms. The van der Waals surface area contributed by atoms with Gasteiger partial charge in [0.1, 0.15) is 12.1 Å². The summed E-state index contributed by atoms with van der Waals surface area (Å²) in [4.78, 5) is 50.8. The minimum atomic E-state index is -1.15. The minimum absolute atomic E-state index is 0.0452. The van der Waals surface area contributed by atoms with E-state index in [1.807, 2.05) is 13.8 Å². The summed E-state index contributed by atoms with van der Waals surface area (Å²) >= 11 is 0. The molecule has 0 radical (unpaired) electrons. The second-order valence-electron chi connectivity index (χ2n) is 7.09. The van der Waals surface area contributed by atoms with Gasteiger partial charge in [0.05, 0.1) is 12.6 Å². The average Bonchev–Trinajstić information content (AvgIpc) is 2.61. The topological polar surface area (TPSA) is 215 Å². The predicted octanol–water partition coefficient (Wildman–Crippen LogP) is -2.40. The molecule has 0 saturated heterocycles. The predicted molar refractivity (Wildman–Crippen MR) is 108 cm³/mol. The van der Waals surface area contributed by atoms with Gasteiger partial charge >= 0.3 is 5.97 Å². The number of rotatable bonds is 13. The largest absolute Gasteiger partial charge is 0.480 e. The van der Waals surface area contributed by atoms with E-state index in [0.717, 1.165) is 0 Å². The Labute approximate surface area is 170 Å². The molecule has 0 fully saturated rings. The Morgan fingerprint density at radius 3 is 2.17 bits per heavy atom. The summed E-state index contributed by atoms with van der Waals surface area (Å²) in [6, 6.07) is -2.80. The van der Waals surface area contributed by atoms with Gasteiger partial charge in [-0.1, -0.05) is 13.8 Å². The number of hydrogen-bond donors (Lipinski definition) is 7. The molecule has 10 N–H and O–H groups in total. The molecular weight excluding hydrogens is 382 g/mol. The number of nitrogens with two attached hydrogens (primary N) is 3. The first-order chi connectivity index (χ1) is 13.4. The number of nitrogens with one attached hydrogen (secondary N) is 3. The van der Waals surface area contributed by atoms with Gasteiger partial charge in [0, 0.05) is 6.54 Å². The first-order valence-corrected chi connectivity index (χ1v) is 9.35. The van der Waals surface area contributed by atoms with Crippen molar-refractivity contribution >= 4 is 29.7 Å². The molecule has 0 heterocycles. The standard InChI is InChI=1S/C17H33N7O5/c1-9(2)7-12(16(28)29)24-13(25)8-22-14(26)10(3)23-15(27)11(18)5-4-6-21-17(19)20/h9-12H,4-8,18H2,1-3H3,(H,22,26)(H,23,27)(H,24,25)(H,28,29)(H4,19,20,21). The quantitative estimate of drug-likeness (QED) is 0.0975. The van der Waals surface area contributed by atoms with Gasteiger partial charge in [-0.15, -0.1) is 0 Å². The normalized spacial score (nSPS) is 13.7. The van der Waals surface area contributed by atoms with E-state index < -0.39 is 48.4 Å². The summed E-state index contributed by atoms with van der Waals surface area (Å²) in [6.07, 6.45) is 1.09. The molecule has 3 unspecified atom stereocenters. The Morgan fingerprint density at radius 2 is 1.66 bits per heavy atom. The molecular formula is C17H33N7O5. The lowest BCUT2D eigenvalue weighted by Gasteiger charge is -2.18. The molecule has 29 heavy (non-hydrogen) atoms. The summed E-state index contributed by atoms with van der Waals surface area (Å²) < 4.78 is 0. The van der Waals surface area contributed by atoms with Gasteiger partial charge in [-0.05, 0) is 32.1 Å². The Kier molecular flexibility index (Phi) is 12.0. The molecule has 0 saturated carbocycles. The van der Waals surface area contributed by atoms with Crippen molar-refractivity contribution in [3.8, 4) is 0 Å². The van der Waals surface area contributed by atoms with E-state index >= 15 is 0 Å². The van der Waals surface area contributed by atoms with Gasteiger partial charge < -0.3 is 38.3 Å². The van der Waals surface area contributed by atoms with Crippen LogP contribution in [-0.4, -0.2) is 66.0 Å². The SMILES string of the molecule is CC(C)CC(NC(=O)CNC(=O)C(C)NC(=O)C(N)CCCN=C(N)N)C(=O)O. The van der Waals surface area contributed by atoms with E-state index in [0.29, 0.717) is 19.4 Å². The number of carbonyl (C=O) groups is 4. The van der Waals surface area contributed by atoms with Crippen LogP contribution in [0.1, 0.15) is 40.0 Å². The zero-order chi connectivity index (χ0) is 22.6. The Bertz CT molecular complexity index is 605. The number of hydrogen-bond acceptors (Lipinski definition) is 6. The Hall–Kier alpha value is -2.89. The Morgan fingerprint density at radius 1 is 1.03 bits per heavy atom. The molecule has 0 aliphatic heterocycles. The van der Waals surface area contributed by atoms with Crippen LogP contribution in [0.4, 0.5) is 0 Å². The number of carboxylic acid groups (broad SMARTS) is 1. The van der Waals surface area contributed by atoms with Gasteiger partial charge in [0.25, 0.3) is 0 Å². The smallest absolute Gasteiger partial charge is 0.326 e. The van der Waals surface area contributed by atoms with Crippen LogP contribution in [0, 0.1) is 5.92 Å². The summed E-state index contributed by atoms with van der Waals surface area (Å²) in [5.41, 5.74) is 16.1. The van der Waals surface area contributed by atoms with E-state index in [2.05, 4.69) is 20.9 Å². The number of aliphatic carboxylic acids is 1. The fourth-order valence-electron chi connectivity index (χ4n) is 2.30. The zero-order valence-corrected chi connectivity index (χ0v) is 17.1. The van der Waals surface area contributed by atoms with Gasteiger partial charge in [-0.2, -0.15) is 0 Å². The minimum Gasteiger partial charge on any atom is -0.480 e. The number of guanidine groups is 1. The molecule has 0 rings (SSSR count). The van der Waals surface area contributed by atoms with Crippen molar-refractivity contribution < 1.29 is 24.3 Å². The van der Waals surface area contributed by atoms with E-state index in [1.54, 1.807) is 0 Å². The molecule has 0 aromatic heterocycles. The van der Waals surface area contributed by atoms with Crippen LogP contribution in [0.15, 0.2) is 4.99 Å². The fraction of sp³-hybridized carbons (Fsp3) is 0.706. The lowest BCUT2D eigenvalue weighted by Crippen LogP contribution is -2.52. The lowest BCUT2D eigenvalue weighted by atomic mass is 10.0. The highest BCUT2D eigenvalue weighted by Gasteiger charge is 2.23. The summed E-state index contributed by atoms with van der Waals surface area (Å²) in [5.74, 6) is -2.88. The van der Waals surface area contributed by atoms with Crippen LogP contribution in [0.25, 0.3) is 0 Å². The molecule has 3 amide bonds. The third kappa shape index (κ3) is 12.2. The van der Waals surface area contributed by atoms with Crippen LogP contribution in [-0.2, 0) is 19.2 Å². The first-order valence-electron chi connectivity index (χ1n) is 9.35. The zero-order valence-electron chi connectivity index (χ0n) is 17.1. The number of carbonyl (C=O) groups excluding carboxylic acids is 3. The molecule has 0 aliphatic rings. The average molecular weight is 415 g/mol. The highest BCUT2D eigenvalue weighted by atomic mass is 16.4. The maximum Gasteiger partial charge on any atom is 0.326 e. The molecule has 0 aromatic rings. The van der Waals surface area contributed by atoms with Crippen LogP contribution in [0.2, 0.25) is 0 Å². The van der Waals surface area contributed by atoms with E-state index in [4.69, 9.17) is 22.3 Å². The number of nitrogens with zero attached hydrogens (tertiary/aromatic N) is 1. The molecule has 12 nitrogen and oxygen atoms in total. The molecule has 0 aliphatic carbocycles. The third-order valence-electron chi connectivity index (χ3n) is 3.82. The summed E-state index contributed by atoms with van der Waals surface area (Å²) in [6.45, 7) is 5.03. The van der Waals surface area contributed by atoms with Crippen molar-refractivity contribution in [2.45, 2.75) is 58.2 Å². The molecule has 0 aromatic carbocycles. The first kappa shape index (κ1) is 26.1. The van der Waals surface area contributed by atoms with E-state index in [1.165, 1.54) is 6.92 Å². The monoisotopic (exact) mass is 415 g/mol. The van der Waals surface area contributed by atoms with Crippen LogP contribution in [0.3, 0.4) is 0 Å². The third-order valence-corrected chi connectivity index (χ3v) is 3.82. The highest BCUT2D eigenvalue weighted by molar-refractivity contribution is 5.92. The van der Waals surface area contributed by atoms with Crippen LogP contribution in [0.5, 0.6) is 0 Å². The fourth-order valence-corrected chi connectivity index (χ4v) is 2.30. The number of amides is 3. The molecule has 3 atom stereocenters. The van der Waals surface area contributed by atoms with Gasteiger partial charge in [0.2, 0.25) is 17.7 Å². The van der Waals surface area contributed by atoms with Crippen LogP contribution >= 0.6 is 0 Å². The summed E-state index contributed by atoms with van der Waals surface area (Å²) in [5, 5.41) is 16.3. The second kappa shape index (κ2) is 13.3. The van der Waals surface area contributed by atoms with E-state index in [9.17, 15) is 19.2 Å². The molecule has 0 bridgehead atoms. The van der Waals surface area contributed by atoms with Gasteiger partial charge in [-0.3, -0.25) is 19.4 Å². The summed E-state index contributed by atoms with van der Waals surface area (Å²) in [7, 11) is 0. The highest BCUT2D eigenvalue weighted by Crippen LogP contribution is 2.04. The van der Waals surface area contributed by atoms with Crippen molar-refractivity contribution in [3.63, 3.8) is 0 Å². The maximum absolute atomic E-state index is 12.0. The van der Waals surface area contributed by atoms with Crippen LogP contribution < -0.4 is 33.2 Å². The van der Waals surface area contributed by atoms with Gasteiger partial charge in [-0.25, -0.2) is 4.79 Å². The van der Waals surface area contributed by atoms with Crippen molar-refractivity contribution in [1.29, 1.82) is 0 Å². The van der Waals surface area contributed by atoms with Crippen molar-refractivity contribution in [1.82, 2.24) is 16.0 Å². The van der Waals surface area contributed by atoms with Gasteiger partial charge in [0.15, 0.2) is 5.96 Å². The van der Waals surface area contributed by atoms with Crippen molar-refractivity contribution in [2.75, 3.05) is 13.1 Å². The number of aliphatic imine (C=N–C) groups is 1. The van der Waals surface area contributed by atoms with E-state index in [-0.39, 0.29) is 18.3 Å². The Balaban J connectivity index is 4.35. The molecule has 166 valence electrons. The van der Waals surface area contributed by atoms with Crippen molar-refractivity contribution in [3.05, 3.63) is 0 Å². The molecule has 0 spiro atoms. The van der Waals surface area contributed by atoms with Crippen molar-refractivity contribution in [2.24, 2.45) is 28.1 Å².